The number of fused-ring (bicyclic) bond motifs is 4. The maximum absolute atomic E-state index is 5.06. The van der Waals surface area contributed by atoms with Crippen LogP contribution in [0, 0.1) is 6.92 Å². The van der Waals surface area contributed by atoms with E-state index in [1.165, 1.54) is 0 Å². The molecule has 188 valence electrons. The number of hydrogen-bond donors (Lipinski definition) is 0. The Balaban J connectivity index is 1.31. The van der Waals surface area contributed by atoms with Gasteiger partial charge < -0.3 is 0 Å². The van der Waals surface area contributed by atoms with E-state index in [4.69, 9.17) is 20.1 Å². The average molecular weight is 506 g/mol. The second-order valence-corrected chi connectivity index (χ2v) is 10.3. The summed E-state index contributed by atoms with van der Waals surface area (Å²) in [6, 6.07) is 33.7. The van der Waals surface area contributed by atoms with Crippen LogP contribution in [0.1, 0.15) is 31.2 Å². The molecule has 3 aromatic carbocycles. The second kappa shape index (κ2) is 9.14. The van der Waals surface area contributed by atoms with Gasteiger partial charge in [-0.1, -0.05) is 86.6 Å². The monoisotopic (exact) mass is 505 g/mol. The molecule has 0 amide bonds. The Morgan fingerprint density at radius 1 is 0.641 bits per heavy atom. The molecular weight excluding hydrogens is 478 g/mol. The Bertz CT molecular complexity index is 1990. The first-order valence-electron chi connectivity index (χ1n) is 13.3. The lowest BCUT2D eigenvalue weighted by Gasteiger charge is -2.14. The molecule has 0 saturated heterocycles. The van der Waals surface area contributed by atoms with Crippen LogP contribution in [0.25, 0.3) is 61.1 Å². The zero-order valence-electron chi connectivity index (χ0n) is 22.1. The largest absolute Gasteiger partial charge is 0.251 e. The van der Waals surface area contributed by atoms with Crippen molar-refractivity contribution in [3.8, 4) is 33.6 Å². The summed E-state index contributed by atoms with van der Waals surface area (Å²) in [6.07, 6.45) is 2.03. The molecule has 7 aromatic rings. The van der Waals surface area contributed by atoms with Gasteiger partial charge in [0.2, 0.25) is 0 Å². The summed E-state index contributed by atoms with van der Waals surface area (Å²) in [5, 5.41) is 7.00. The maximum Gasteiger partial charge on any atom is 0.182 e. The Morgan fingerprint density at radius 3 is 2.18 bits per heavy atom. The van der Waals surface area contributed by atoms with Crippen LogP contribution in [0.3, 0.4) is 0 Å². The van der Waals surface area contributed by atoms with Crippen LogP contribution in [-0.2, 0) is 0 Å². The third-order valence-electron chi connectivity index (χ3n) is 7.28. The van der Waals surface area contributed by atoms with Crippen molar-refractivity contribution in [2.45, 2.75) is 26.7 Å². The van der Waals surface area contributed by atoms with Gasteiger partial charge in [0, 0.05) is 39.5 Å². The molecule has 0 N–H and O–H groups in total. The van der Waals surface area contributed by atoms with Crippen molar-refractivity contribution in [1.29, 1.82) is 0 Å². The number of rotatable bonds is 4. The molecule has 0 unspecified atom stereocenters. The minimum atomic E-state index is 0.301. The van der Waals surface area contributed by atoms with E-state index in [9.17, 15) is 0 Å². The fraction of sp³-hybridized carbons (Fsp3) is 0.118. The summed E-state index contributed by atoms with van der Waals surface area (Å²) < 4.78 is 1.86. The van der Waals surface area contributed by atoms with E-state index in [0.717, 1.165) is 66.7 Å². The number of hydrogen-bond acceptors (Lipinski definition) is 4. The molecule has 0 radical (unpaired) electrons. The third kappa shape index (κ3) is 4.12. The first-order chi connectivity index (χ1) is 19.0. The van der Waals surface area contributed by atoms with Gasteiger partial charge in [0.05, 0.1) is 11.0 Å². The summed E-state index contributed by atoms with van der Waals surface area (Å²) >= 11 is 0. The molecule has 5 nitrogen and oxygen atoms in total. The Morgan fingerprint density at radius 2 is 1.38 bits per heavy atom. The lowest BCUT2D eigenvalue weighted by atomic mass is 9.95. The van der Waals surface area contributed by atoms with Gasteiger partial charge >= 0.3 is 0 Å². The van der Waals surface area contributed by atoms with Gasteiger partial charge in [0.1, 0.15) is 0 Å². The van der Waals surface area contributed by atoms with E-state index >= 15 is 0 Å². The topological polar surface area (TPSA) is 56.0 Å². The quantitative estimate of drug-likeness (QED) is 0.226. The molecule has 0 aliphatic rings. The van der Waals surface area contributed by atoms with Gasteiger partial charge in [0.15, 0.2) is 11.5 Å². The highest BCUT2D eigenvalue weighted by Crippen LogP contribution is 2.35. The molecule has 7 rings (SSSR count). The van der Waals surface area contributed by atoms with Gasteiger partial charge in [-0.05, 0) is 53.8 Å². The third-order valence-corrected chi connectivity index (χ3v) is 7.28. The Kier molecular flexibility index (Phi) is 5.44. The maximum atomic E-state index is 5.06. The van der Waals surface area contributed by atoms with Crippen molar-refractivity contribution in [3.63, 3.8) is 0 Å². The van der Waals surface area contributed by atoms with Gasteiger partial charge in [-0.3, -0.25) is 9.97 Å². The Labute approximate surface area is 226 Å². The number of pyridine rings is 3. The minimum Gasteiger partial charge on any atom is -0.251 e. The number of aryl methyl sites for hydroxylation is 1. The predicted molar refractivity (Wildman–Crippen MR) is 159 cm³/mol. The fourth-order valence-corrected chi connectivity index (χ4v) is 5.13. The van der Waals surface area contributed by atoms with E-state index in [-0.39, 0.29) is 0 Å². The fourth-order valence-electron chi connectivity index (χ4n) is 5.13. The van der Waals surface area contributed by atoms with Crippen molar-refractivity contribution < 1.29 is 0 Å². The van der Waals surface area contributed by atoms with Gasteiger partial charge in [0.25, 0.3) is 0 Å². The standard InChI is InChI=1S/C34H27N5/c1-21(2)30-19-29(28-17-15-25-10-9-22(3)35-32(25)33(28)36-30)24-11-13-26(14-12-24)34-37-31-18-16-27(20-39(31)38-34)23-7-5-4-6-8-23/h4-21H,1-3H3. The predicted octanol–water partition coefficient (Wildman–Crippen LogP) is 8.26. The van der Waals surface area contributed by atoms with Gasteiger partial charge in [-0.2, -0.15) is 0 Å². The van der Waals surface area contributed by atoms with Crippen molar-refractivity contribution in [2.24, 2.45) is 0 Å². The summed E-state index contributed by atoms with van der Waals surface area (Å²) in [5.74, 6) is 1.01. The summed E-state index contributed by atoms with van der Waals surface area (Å²) in [4.78, 5) is 14.7. The Hall–Kier alpha value is -4.90. The molecule has 0 bridgehead atoms. The number of benzene rings is 3. The van der Waals surface area contributed by atoms with Crippen molar-refractivity contribution in [2.75, 3.05) is 0 Å². The molecular formula is C34H27N5. The summed E-state index contributed by atoms with van der Waals surface area (Å²) in [7, 11) is 0. The van der Waals surface area contributed by atoms with E-state index < -0.39 is 0 Å². The lowest BCUT2D eigenvalue weighted by molar-refractivity contribution is 0.831. The van der Waals surface area contributed by atoms with Crippen LogP contribution in [0.4, 0.5) is 0 Å². The van der Waals surface area contributed by atoms with Crippen LogP contribution in [0.5, 0.6) is 0 Å². The van der Waals surface area contributed by atoms with E-state index in [2.05, 4.69) is 86.6 Å². The van der Waals surface area contributed by atoms with Crippen molar-refractivity contribution in [1.82, 2.24) is 24.6 Å². The van der Waals surface area contributed by atoms with Crippen LogP contribution in [-0.4, -0.2) is 24.6 Å². The molecule has 4 heterocycles. The molecule has 0 fully saturated rings. The van der Waals surface area contributed by atoms with Crippen LogP contribution < -0.4 is 0 Å². The van der Waals surface area contributed by atoms with E-state index in [1.54, 1.807) is 0 Å². The summed E-state index contributed by atoms with van der Waals surface area (Å²) in [6.45, 7) is 6.40. The van der Waals surface area contributed by atoms with E-state index in [0.29, 0.717) is 11.7 Å². The molecule has 5 heteroatoms. The van der Waals surface area contributed by atoms with Crippen LogP contribution in [0.2, 0.25) is 0 Å². The molecule has 0 aliphatic heterocycles. The summed E-state index contributed by atoms with van der Waals surface area (Å²) in [5.41, 5.74) is 10.3. The molecule has 0 atom stereocenters. The average Bonchev–Trinajstić information content (AvgIpc) is 3.40. The zero-order valence-corrected chi connectivity index (χ0v) is 22.1. The zero-order chi connectivity index (χ0) is 26.5. The first-order valence-corrected chi connectivity index (χ1v) is 13.3. The normalized spacial score (nSPS) is 11.7. The molecule has 39 heavy (non-hydrogen) atoms. The van der Waals surface area contributed by atoms with E-state index in [1.807, 2.05) is 41.9 Å². The van der Waals surface area contributed by atoms with Gasteiger partial charge in [-0.25, -0.2) is 9.50 Å². The van der Waals surface area contributed by atoms with Gasteiger partial charge in [-0.15, -0.1) is 5.10 Å². The number of aromatic nitrogens is 5. The molecule has 0 aliphatic carbocycles. The molecule has 4 aromatic heterocycles. The van der Waals surface area contributed by atoms with Crippen molar-refractivity contribution in [3.05, 3.63) is 115 Å². The highest BCUT2D eigenvalue weighted by Gasteiger charge is 2.15. The van der Waals surface area contributed by atoms with Crippen LogP contribution >= 0.6 is 0 Å². The lowest BCUT2D eigenvalue weighted by Crippen LogP contribution is -1.97. The number of nitrogens with zero attached hydrogens (tertiary/aromatic N) is 5. The second-order valence-electron chi connectivity index (χ2n) is 10.3. The highest BCUT2D eigenvalue weighted by atomic mass is 15.3. The van der Waals surface area contributed by atoms with Crippen molar-refractivity contribution >= 4 is 27.5 Å². The SMILES string of the molecule is Cc1ccc2ccc3c(-c4ccc(-c5nc6ccc(-c7ccccc7)cn6n5)cc4)cc(C(C)C)nc3c2n1. The van der Waals surface area contributed by atoms with Crippen LogP contribution in [0.15, 0.2) is 103 Å². The first kappa shape index (κ1) is 23.2. The minimum absolute atomic E-state index is 0.301. The highest BCUT2D eigenvalue weighted by molar-refractivity contribution is 6.08. The molecule has 0 spiro atoms. The smallest absolute Gasteiger partial charge is 0.182 e. The molecule has 0 saturated carbocycles.